The van der Waals surface area contributed by atoms with Crippen molar-refractivity contribution in [2.75, 3.05) is 7.11 Å². The van der Waals surface area contributed by atoms with E-state index in [-0.39, 0.29) is 6.10 Å². The van der Waals surface area contributed by atoms with Gasteiger partial charge in [-0.15, -0.1) is 0 Å². The number of hydrogen-bond donors (Lipinski definition) is 1. The van der Waals surface area contributed by atoms with Gasteiger partial charge < -0.3 is 9.84 Å². The van der Waals surface area contributed by atoms with Gasteiger partial charge in [0.15, 0.2) is 0 Å². The van der Waals surface area contributed by atoms with Gasteiger partial charge in [0, 0.05) is 7.11 Å². The Morgan fingerprint density at radius 3 is 2.63 bits per heavy atom. The molecule has 0 aliphatic rings. The molecule has 0 aliphatic heterocycles. The maximum atomic E-state index is 11.1. The minimum Gasteiger partial charge on any atom is -0.478 e. The van der Waals surface area contributed by atoms with Crippen molar-refractivity contribution in [1.29, 1.82) is 0 Å². The highest BCUT2D eigenvalue weighted by Gasteiger charge is 2.14. The molecule has 0 radical (unpaired) electrons. The number of ether oxygens (including phenoxy) is 1. The molecule has 0 aromatic heterocycles. The molecular formula is C16H24O3. The Balaban J connectivity index is 2.57. The molecule has 1 aromatic carbocycles. The summed E-state index contributed by atoms with van der Waals surface area (Å²) in [7, 11) is 1.70. The van der Waals surface area contributed by atoms with Gasteiger partial charge in [-0.25, -0.2) is 4.79 Å². The lowest BCUT2D eigenvalue weighted by atomic mass is 9.98. The zero-order valence-corrected chi connectivity index (χ0v) is 11.9. The van der Waals surface area contributed by atoms with Gasteiger partial charge in [-0.1, -0.05) is 50.8 Å². The lowest BCUT2D eigenvalue weighted by Gasteiger charge is -2.16. The standard InChI is InChI=1S/C16H24O3/c1-3-4-5-6-10-14(19-2)12-13-9-7-8-11-15(13)16(17)18/h7-9,11,14H,3-6,10,12H2,1-2H3,(H,17,18). The van der Waals surface area contributed by atoms with Crippen LogP contribution in [0.5, 0.6) is 0 Å². The van der Waals surface area contributed by atoms with E-state index in [4.69, 9.17) is 9.84 Å². The Morgan fingerprint density at radius 1 is 1.26 bits per heavy atom. The number of methoxy groups -OCH3 is 1. The Morgan fingerprint density at radius 2 is 2.00 bits per heavy atom. The van der Waals surface area contributed by atoms with Crippen molar-refractivity contribution in [2.45, 2.75) is 51.6 Å². The highest BCUT2D eigenvalue weighted by molar-refractivity contribution is 5.89. The molecule has 0 amide bonds. The van der Waals surface area contributed by atoms with Crippen molar-refractivity contribution in [3.05, 3.63) is 35.4 Å². The molecule has 19 heavy (non-hydrogen) atoms. The molecule has 1 aromatic rings. The summed E-state index contributed by atoms with van der Waals surface area (Å²) in [5.41, 5.74) is 1.25. The Bertz CT molecular complexity index is 387. The molecule has 1 N–H and O–H groups in total. The van der Waals surface area contributed by atoms with Crippen LogP contribution in [0.4, 0.5) is 0 Å². The predicted molar refractivity (Wildman–Crippen MR) is 76.7 cm³/mol. The third-order valence-electron chi connectivity index (χ3n) is 3.41. The molecule has 106 valence electrons. The van der Waals surface area contributed by atoms with E-state index in [0.717, 1.165) is 18.4 Å². The first-order valence-electron chi connectivity index (χ1n) is 7.03. The van der Waals surface area contributed by atoms with Crippen LogP contribution in [0.15, 0.2) is 24.3 Å². The number of carbonyl (C=O) groups is 1. The molecular weight excluding hydrogens is 240 g/mol. The summed E-state index contributed by atoms with van der Waals surface area (Å²) < 4.78 is 5.48. The van der Waals surface area contributed by atoms with E-state index in [9.17, 15) is 4.79 Å². The third-order valence-corrected chi connectivity index (χ3v) is 3.41. The van der Waals surface area contributed by atoms with E-state index in [0.29, 0.717) is 12.0 Å². The van der Waals surface area contributed by atoms with Crippen molar-refractivity contribution < 1.29 is 14.6 Å². The molecule has 3 heteroatoms. The summed E-state index contributed by atoms with van der Waals surface area (Å²) in [4.78, 5) is 11.1. The van der Waals surface area contributed by atoms with Crippen LogP contribution in [0.3, 0.4) is 0 Å². The lowest BCUT2D eigenvalue weighted by Crippen LogP contribution is -2.16. The first-order valence-corrected chi connectivity index (χ1v) is 7.03. The average molecular weight is 264 g/mol. The molecule has 1 unspecified atom stereocenters. The van der Waals surface area contributed by atoms with E-state index >= 15 is 0 Å². The Hall–Kier alpha value is -1.35. The molecule has 0 heterocycles. The molecule has 0 saturated heterocycles. The molecule has 1 atom stereocenters. The summed E-state index contributed by atoms with van der Waals surface area (Å²) in [6, 6.07) is 7.17. The van der Waals surface area contributed by atoms with E-state index < -0.39 is 5.97 Å². The van der Waals surface area contributed by atoms with E-state index in [2.05, 4.69) is 6.92 Å². The monoisotopic (exact) mass is 264 g/mol. The topological polar surface area (TPSA) is 46.5 Å². The Labute approximate surface area is 115 Å². The molecule has 0 spiro atoms. The van der Waals surface area contributed by atoms with E-state index in [1.165, 1.54) is 19.3 Å². The third kappa shape index (κ3) is 5.43. The Kier molecular flexibility index (Phi) is 7.19. The number of hydrogen-bond acceptors (Lipinski definition) is 2. The quantitative estimate of drug-likeness (QED) is 0.688. The minimum atomic E-state index is -0.864. The van der Waals surface area contributed by atoms with Crippen LogP contribution in [0.1, 0.15) is 54.9 Å². The van der Waals surface area contributed by atoms with Gasteiger partial charge in [0.05, 0.1) is 11.7 Å². The molecule has 0 saturated carbocycles. The number of aromatic carboxylic acids is 1. The van der Waals surface area contributed by atoms with Gasteiger partial charge in [0.2, 0.25) is 0 Å². The van der Waals surface area contributed by atoms with Crippen molar-refractivity contribution in [2.24, 2.45) is 0 Å². The van der Waals surface area contributed by atoms with Crippen LogP contribution in [-0.2, 0) is 11.2 Å². The first kappa shape index (κ1) is 15.7. The molecule has 1 rings (SSSR count). The SMILES string of the molecule is CCCCCCC(Cc1ccccc1C(=O)O)OC. The number of carboxylic acid groups (broad SMARTS) is 1. The molecule has 0 fully saturated rings. The maximum absolute atomic E-state index is 11.1. The smallest absolute Gasteiger partial charge is 0.335 e. The maximum Gasteiger partial charge on any atom is 0.335 e. The number of carboxylic acids is 1. The van der Waals surface area contributed by atoms with Gasteiger partial charge in [-0.3, -0.25) is 0 Å². The second-order valence-corrected chi connectivity index (χ2v) is 4.87. The first-order chi connectivity index (χ1) is 9.19. The van der Waals surface area contributed by atoms with Gasteiger partial charge >= 0.3 is 5.97 Å². The summed E-state index contributed by atoms with van der Waals surface area (Å²) >= 11 is 0. The van der Waals surface area contributed by atoms with Crippen LogP contribution in [0, 0.1) is 0 Å². The zero-order chi connectivity index (χ0) is 14.1. The van der Waals surface area contributed by atoms with Crippen LogP contribution in [0.2, 0.25) is 0 Å². The molecule has 0 bridgehead atoms. The summed E-state index contributed by atoms with van der Waals surface area (Å²) in [5.74, 6) is -0.864. The fraction of sp³-hybridized carbons (Fsp3) is 0.562. The highest BCUT2D eigenvalue weighted by Crippen LogP contribution is 2.16. The largest absolute Gasteiger partial charge is 0.478 e. The molecule has 3 nitrogen and oxygen atoms in total. The predicted octanol–water partition coefficient (Wildman–Crippen LogP) is 3.91. The number of unbranched alkanes of at least 4 members (excludes halogenated alkanes) is 3. The molecule has 0 aliphatic carbocycles. The van der Waals surface area contributed by atoms with Gasteiger partial charge in [-0.2, -0.15) is 0 Å². The normalized spacial score (nSPS) is 12.3. The number of benzene rings is 1. The second kappa shape index (κ2) is 8.70. The fourth-order valence-corrected chi connectivity index (χ4v) is 2.25. The van der Waals surface area contributed by atoms with Crippen LogP contribution >= 0.6 is 0 Å². The van der Waals surface area contributed by atoms with E-state index in [1.54, 1.807) is 19.2 Å². The lowest BCUT2D eigenvalue weighted by molar-refractivity contribution is 0.0691. The van der Waals surface area contributed by atoms with Gasteiger partial charge in [-0.05, 0) is 24.5 Å². The van der Waals surface area contributed by atoms with Crippen molar-refractivity contribution in [1.82, 2.24) is 0 Å². The van der Waals surface area contributed by atoms with Crippen LogP contribution in [0.25, 0.3) is 0 Å². The second-order valence-electron chi connectivity index (χ2n) is 4.87. The number of rotatable bonds is 9. The van der Waals surface area contributed by atoms with Crippen molar-refractivity contribution in [3.63, 3.8) is 0 Å². The van der Waals surface area contributed by atoms with Crippen LogP contribution < -0.4 is 0 Å². The summed E-state index contributed by atoms with van der Waals surface area (Å²) in [6.45, 7) is 2.19. The van der Waals surface area contributed by atoms with Crippen molar-refractivity contribution >= 4 is 5.97 Å². The van der Waals surface area contributed by atoms with Crippen molar-refractivity contribution in [3.8, 4) is 0 Å². The average Bonchev–Trinajstić information content (AvgIpc) is 2.42. The highest BCUT2D eigenvalue weighted by atomic mass is 16.5. The van der Waals surface area contributed by atoms with Gasteiger partial charge in [0.1, 0.15) is 0 Å². The fourth-order valence-electron chi connectivity index (χ4n) is 2.25. The van der Waals surface area contributed by atoms with Crippen LogP contribution in [-0.4, -0.2) is 24.3 Å². The minimum absolute atomic E-state index is 0.109. The summed E-state index contributed by atoms with van der Waals surface area (Å²) in [6.07, 6.45) is 6.60. The summed E-state index contributed by atoms with van der Waals surface area (Å²) in [5, 5.41) is 9.16. The van der Waals surface area contributed by atoms with Gasteiger partial charge in [0.25, 0.3) is 0 Å². The van der Waals surface area contributed by atoms with E-state index in [1.807, 2.05) is 12.1 Å². The zero-order valence-electron chi connectivity index (χ0n) is 11.9.